The van der Waals surface area contributed by atoms with Gasteiger partial charge >= 0.3 is 0 Å². The Morgan fingerprint density at radius 1 is 1.21 bits per heavy atom. The van der Waals surface area contributed by atoms with Gasteiger partial charge in [-0.2, -0.15) is 4.98 Å². The molecule has 1 amide bonds. The van der Waals surface area contributed by atoms with Crippen LogP contribution in [0.1, 0.15) is 37.3 Å². The van der Waals surface area contributed by atoms with Crippen molar-refractivity contribution in [3.05, 3.63) is 64.5 Å². The Morgan fingerprint density at radius 2 is 1.91 bits per heavy atom. The Kier molecular flexibility index (Phi) is 7.49. The second-order valence-electron chi connectivity index (χ2n) is 8.64. The Morgan fingerprint density at radius 3 is 2.56 bits per heavy atom. The van der Waals surface area contributed by atoms with Gasteiger partial charge in [0, 0.05) is 22.2 Å². The zero-order chi connectivity index (χ0) is 24.3. The van der Waals surface area contributed by atoms with Gasteiger partial charge < -0.3 is 9.84 Å². The minimum atomic E-state index is -3.24. The molecule has 1 atom stereocenters. The zero-order valence-corrected chi connectivity index (χ0v) is 21.5. The summed E-state index contributed by atoms with van der Waals surface area (Å²) in [5.74, 6) is 1.08. The van der Waals surface area contributed by atoms with Crippen LogP contribution in [0.25, 0.3) is 11.4 Å². The Labute approximate surface area is 207 Å². The molecule has 1 unspecified atom stereocenters. The van der Waals surface area contributed by atoms with Crippen molar-refractivity contribution in [1.29, 1.82) is 0 Å². The van der Waals surface area contributed by atoms with Gasteiger partial charge in [0.1, 0.15) is 0 Å². The molecule has 1 aromatic heterocycles. The number of hydrogen-bond donors (Lipinski definition) is 1. The van der Waals surface area contributed by atoms with Gasteiger partial charge in [0.2, 0.25) is 17.6 Å². The predicted molar refractivity (Wildman–Crippen MR) is 132 cm³/mol. The summed E-state index contributed by atoms with van der Waals surface area (Å²) in [5, 5.41) is 7.15. The zero-order valence-electron chi connectivity index (χ0n) is 19.1. The summed E-state index contributed by atoms with van der Waals surface area (Å²) in [6.45, 7) is 3.99. The number of carbonyl (C=O) groups is 1. The van der Waals surface area contributed by atoms with Gasteiger partial charge in [0.15, 0.2) is 9.84 Å². The van der Waals surface area contributed by atoms with Crippen molar-refractivity contribution in [2.24, 2.45) is 5.92 Å². The average molecular weight is 547 g/mol. The first-order valence-electron chi connectivity index (χ1n) is 11.1. The molecule has 0 bridgehead atoms. The topological polar surface area (TPSA) is 105 Å². The van der Waals surface area contributed by atoms with Crippen LogP contribution >= 0.6 is 15.9 Å². The molecule has 1 aliphatic rings. The fourth-order valence-corrected chi connectivity index (χ4v) is 5.06. The van der Waals surface area contributed by atoms with Gasteiger partial charge in [-0.05, 0) is 62.7 Å². The normalized spacial score (nSPS) is 16.3. The number of hydrogen-bond acceptors (Lipinski definition) is 7. The van der Waals surface area contributed by atoms with Crippen molar-refractivity contribution in [2.45, 2.75) is 37.2 Å². The third kappa shape index (κ3) is 6.11. The highest BCUT2D eigenvalue weighted by molar-refractivity contribution is 9.10. The monoisotopic (exact) mass is 546 g/mol. The molecule has 1 saturated heterocycles. The molecular formula is C24H27BrN4O4S. The molecule has 34 heavy (non-hydrogen) atoms. The first-order valence-corrected chi connectivity index (χ1v) is 13.8. The van der Waals surface area contributed by atoms with Gasteiger partial charge in [-0.1, -0.05) is 45.4 Å². The maximum absolute atomic E-state index is 12.8. The van der Waals surface area contributed by atoms with Crippen LogP contribution in [0, 0.1) is 5.92 Å². The molecule has 1 N–H and O–H groups in total. The van der Waals surface area contributed by atoms with Crippen LogP contribution in [-0.4, -0.2) is 48.7 Å². The van der Waals surface area contributed by atoms with Crippen molar-refractivity contribution in [2.75, 3.05) is 19.3 Å². The van der Waals surface area contributed by atoms with E-state index in [1.807, 2.05) is 31.2 Å². The smallest absolute Gasteiger partial charge is 0.241 e. The summed E-state index contributed by atoms with van der Waals surface area (Å²) in [6.07, 6.45) is 2.68. The lowest BCUT2D eigenvalue weighted by molar-refractivity contribution is -0.127. The van der Waals surface area contributed by atoms with Crippen molar-refractivity contribution >= 4 is 31.7 Å². The van der Waals surface area contributed by atoms with Gasteiger partial charge in [-0.15, -0.1) is 0 Å². The standard InChI is InChI=1S/C24H27BrN4O4S/c1-16(17-6-8-21(9-7-17)34(2,31)32)26-24(30)18-10-12-29(13-11-18)15-22-27-23(28-33-22)19-4-3-5-20(25)14-19/h3-9,14,16,18H,10-13,15H2,1-2H3,(H,26,30). The second kappa shape index (κ2) is 10.4. The molecule has 1 aliphatic heterocycles. The van der Waals surface area contributed by atoms with E-state index in [4.69, 9.17) is 4.52 Å². The molecule has 4 rings (SSSR count). The van der Waals surface area contributed by atoms with E-state index in [0.717, 1.165) is 41.5 Å². The van der Waals surface area contributed by atoms with E-state index in [-0.39, 0.29) is 22.8 Å². The van der Waals surface area contributed by atoms with Crippen LogP contribution in [0.3, 0.4) is 0 Å². The summed E-state index contributed by atoms with van der Waals surface area (Å²) >= 11 is 3.45. The van der Waals surface area contributed by atoms with Crippen molar-refractivity contribution < 1.29 is 17.7 Å². The quantitative estimate of drug-likeness (QED) is 0.477. The molecule has 0 aliphatic carbocycles. The predicted octanol–water partition coefficient (Wildman–Crippen LogP) is 3.99. The summed E-state index contributed by atoms with van der Waals surface area (Å²) in [5.41, 5.74) is 1.76. The number of nitrogens with one attached hydrogen (secondary N) is 1. The number of sulfone groups is 1. The van der Waals surface area contributed by atoms with E-state index < -0.39 is 9.84 Å². The molecular weight excluding hydrogens is 520 g/mol. The largest absolute Gasteiger partial charge is 0.349 e. The van der Waals surface area contributed by atoms with Crippen LogP contribution in [0.5, 0.6) is 0 Å². The third-order valence-corrected chi connectivity index (χ3v) is 7.66. The molecule has 10 heteroatoms. The van der Waals surface area contributed by atoms with E-state index in [2.05, 4.69) is 36.3 Å². The van der Waals surface area contributed by atoms with E-state index in [0.29, 0.717) is 18.3 Å². The molecule has 180 valence electrons. The number of benzene rings is 2. The summed E-state index contributed by atoms with van der Waals surface area (Å²) in [7, 11) is -3.24. The second-order valence-corrected chi connectivity index (χ2v) is 11.6. The minimum absolute atomic E-state index is 0.0223. The van der Waals surface area contributed by atoms with E-state index in [1.54, 1.807) is 24.3 Å². The Balaban J connectivity index is 1.27. The number of carbonyl (C=O) groups excluding carboxylic acids is 1. The maximum Gasteiger partial charge on any atom is 0.241 e. The van der Waals surface area contributed by atoms with Gasteiger partial charge in [0.25, 0.3) is 0 Å². The lowest BCUT2D eigenvalue weighted by Gasteiger charge is -2.30. The minimum Gasteiger partial charge on any atom is -0.349 e. The summed E-state index contributed by atoms with van der Waals surface area (Å²) < 4.78 is 29.6. The highest BCUT2D eigenvalue weighted by Gasteiger charge is 2.27. The number of halogens is 1. The van der Waals surface area contributed by atoms with Gasteiger partial charge in [-0.3, -0.25) is 9.69 Å². The van der Waals surface area contributed by atoms with Crippen molar-refractivity contribution in [1.82, 2.24) is 20.4 Å². The van der Waals surface area contributed by atoms with Crippen molar-refractivity contribution in [3.63, 3.8) is 0 Å². The number of rotatable bonds is 7. The molecule has 0 saturated carbocycles. The first-order chi connectivity index (χ1) is 16.2. The summed E-state index contributed by atoms with van der Waals surface area (Å²) in [6, 6.07) is 14.2. The summed E-state index contributed by atoms with van der Waals surface area (Å²) in [4.78, 5) is 19.8. The van der Waals surface area contributed by atoms with Crippen LogP contribution in [0.2, 0.25) is 0 Å². The number of nitrogens with zero attached hydrogens (tertiary/aromatic N) is 3. The van der Waals surface area contributed by atoms with Crippen LogP contribution < -0.4 is 5.32 Å². The molecule has 2 aromatic carbocycles. The van der Waals surface area contributed by atoms with E-state index in [9.17, 15) is 13.2 Å². The van der Waals surface area contributed by atoms with Crippen LogP contribution in [0.15, 0.2) is 62.4 Å². The highest BCUT2D eigenvalue weighted by Crippen LogP contribution is 2.23. The Hall–Kier alpha value is -2.56. The number of piperidine rings is 1. The SMILES string of the molecule is CC(NC(=O)C1CCN(Cc2nc(-c3cccc(Br)c3)no2)CC1)c1ccc(S(C)(=O)=O)cc1. The first kappa shape index (κ1) is 24.6. The molecule has 0 spiro atoms. The molecule has 3 aromatic rings. The van der Waals surface area contributed by atoms with Gasteiger partial charge in [0.05, 0.1) is 17.5 Å². The average Bonchev–Trinajstić information content (AvgIpc) is 3.27. The van der Waals surface area contributed by atoms with Crippen LogP contribution in [0.4, 0.5) is 0 Å². The Bertz CT molecular complexity index is 1250. The number of amides is 1. The number of aromatic nitrogens is 2. The van der Waals surface area contributed by atoms with E-state index in [1.165, 1.54) is 6.26 Å². The van der Waals surface area contributed by atoms with E-state index >= 15 is 0 Å². The lowest BCUT2D eigenvalue weighted by Crippen LogP contribution is -2.40. The molecule has 1 fully saturated rings. The van der Waals surface area contributed by atoms with Crippen LogP contribution in [-0.2, 0) is 21.2 Å². The van der Waals surface area contributed by atoms with Crippen molar-refractivity contribution in [3.8, 4) is 11.4 Å². The fourth-order valence-electron chi connectivity index (χ4n) is 4.03. The molecule has 8 nitrogen and oxygen atoms in total. The third-order valence-electron chi connectivity index (χ3n) is 6.04. The van der Waals surface area contributed by atoms with Gasteiger partial charge in [-0.25, -0.2) is 8.42 Å². The lowest BCUT2D eigenvalue weighted by atomic mass is 9.95. The highest BCUT2D eigenvalue weighted by atomic mass is 79.9. The maximum atomic E-state index is 12.8. The fraction of sp³-hybridized carbons (Fsp3) is 0.375. The molecule has 2 heterocycles. The molecule has 0 radical (unpaired) electrons. The number of likely N-dealkylation sites (tertiary alicyclic amines) is 1.